The Morgan fingerprint density at radius 3 is 2.79 bits per heavy atom. The van der Waals surface area contributed by atoms with Crippen molar-refractivity contribution in [3.8, 4) is 5.75 Å². The van der Waals surface area contributed by atoms with E-state index in [1.807, 2.05) is 0 Å². The van der Waals surface area contributed by atoms with Gasteiger partial charge in [-0.3, -0.25) is 4.79 Å². The third-order valence-electron chi connectivity index (χ3n) is 3.92. The molecule has 3 rings (SSSR count). The van der Waals surface area contributed by atoms with Gasteiger partial charge in [0.1, 0.15) is 17.6 Å². The van der Waals surface area contributed by atoms with Gasteiger partial charge in [-0.05, 0) is 31.2 Å². The van der Waals surface area contributed by atoms with Gasteiger partial charge in [0.15, 0.2) is 12.4 Å². The molecule has 1 amide bonds. The summed E-state index contributed by atoms with van der Waals surface area (Å²) in [6, 6.07) is 5.18. The van der Waals surface area contributed by atoms with Gasteiger partial charge in [-0.25, -0.2) is 4.39 Å². The molecule has 2 heterocycles. The molecule has 0 bridgehead atoms. The van der Waals surface area contributed by atoms with E-state index in [-0.39, 0.29) is 30.5 Å². The lowest BCUT2D eigenvalue weighted by atomic mass is 10.2. The van der Waals surface area contributed by atoms with E-state index in [2.05, 4.69) is 10.1 Å². The van der Waals surface area contributed by atoms with Gasteiger partial charge in [0, 0.05) is 20.1 Å². The van der Waals surface area contributed by atoms with E-state index in [1.165, 1.54) is 24.3 Å². The second kappa shape index (κ2) is 6.96. The number of aryl methyl sites for hydroxylation is 1. The second-order valence-electron chi connectivity index (χ2n) is 5.58. The van der Waals surface area contributed by atoms with E-state index >= 15 is 0 Å². The number of halogens is 1. The molecular weight excluding hydrogens is 317 g/mol. The summed E-state index contributed by atoms with van der Waals surface area (Å²) in [6.45, 7) is 1.99. The number of likely N-dealkylation sites (tertiary alicyclic amines) is 1. The number of amides is 1. The number of hydrogen-bond acceptors (Lipinski definition) is 6. The number of hydrogen-bond donors (Lipinski definition) is 0. The molecule has 0 saturated carbocycles. The summed E-state index contributed by atoms with van der Waals surface area (Å²) >= 11 is 0. The standard InChI is InChI=1S/C16H18FN3O4/c1-10-18-16(24-19-10)14-7-13(22-2)8-20(14)15(21)9-23-12-5-3-11(17)4-6-12/h3-6,13-14H,7-9H2,1-2H3/t13-,14-/m1/s1. The van der Waals surface area contributed by atoms with Crippen molar-refractivity contribution in [3.05, 3.63) is 41.8 Å². The average Bonchev–Trinajstić information content (AvgIpc) is 3.20. The van der Waals surface area contributed by atoms with Gasteiger partial charge in [-0.1, -0.05) is 5.16 Å². The summed E-state index contributed by atoms with van der Waals surface area (Å²) in [4.78, 5) is 18.3. The average molecular weight is 335 g/mol. The molecule has 1 aliphatic heterocycles. The Labute approximate surface area is 138 Å². The van der Waals surface area contributed by atoms with Crippen LogP contribution in [0.5, 0.6) is 5.75 Å². The zero-order valence-corrected chi connectivity index (χ0v) is 13.4. The molecule has 1 aromatic heterocycles. The Morgan fingerprint density at radius 2 is 2.17 bits per heavy atom. The third kappa shape index (κ3) is 3.53. The van der Waals surface area contributed by atoms with Crippen molar-refractivity contribution < 1.29 is 23.2 Å². The zero-order valence-electron chi connectivity index (χ0n) is 13.4. The molecule has 1 fully saturated rings. The van der Waals surface area contributed by atoms with Crippen molar-refractivity contribution in [1.82, 2.24) is 15.0 Å². The quantitative estimate of drug-likeness (QED) is 0.830. The number of nitrogens with zero attached hydrogens (tertiary/aromatic N) is 3. The third-order valence-corrected chi connectivity index (χ3v) is 3.92. The maximum Gasteiger partial charge on any atom is 0.261 e. The van der Waals surface area contributed by atoms with Crippen molar-refractivity contribution in [2.45, 2.75) is 25.5 Å². The molecule has 8 heteroatoms. The zero-order chi connectivity index (χ0) is 17.1. The number of carbonyl (C=O) groups is 1. The lowest BCUT2D eigenvalue weighted by molar-refractivity contribution is -0.135. The Kier molecular flexibility index (Phi) is 4.75. The van der Waals surface area contributed by atoms with Gasteiger partial charge in [0.25, 0.3) is 5.91 Å². The van der Waals surface area contributed by atoms with Crippen molar-refractivity contribution in [2.24, 2.45) is 0 Å². The molecule has 24 heavy (non-hydrogen) atoms. The maximum atomic E-state index is 12.9. The summed E-state index contributed by atoms with van der Waals surface area (Å²) in [5.74, 6) is 0.753. The highest BCUT2D eigenvalue weighted by atomic mass is 19.1. The first-order valence-corrected chi connectivity index (χ1v) is 7.57. The molecule has 0 spiro atoms. The van der Waals surface area contributed by atoms with Gasteiger partial charge in [0.2, 0.25) is 5.89 Å². The number of carbonyl (C=O) groups excluding carboxylic acids is 1. The first-order valence-electron chi connectivity index (χ1n) is 7.57. The summed E-state index contributed by atoms with van der Waals surface area (Å²) < 4.78 is 28.9. The monoisotopic (exact) mass is 335 g/mol. The Hall–Kier alpha value is -2.48. The van der Waals surface area contributed by atoms with Crippen molar-refractivity contribution in [1.29, 1.82) is 0 Å². The molecule has 128 valence electrons. The highest BCUT2D eigenvalue weighted by molar-refractivity contribution is 5.78. The molecule has 1 aromatic carbocycles. The fraction of sp³-hybridized carbons (Fsp3) is 0.438. The molecule has 1 saturated heterocycles. The van der Waals surface area contributed by atoms with E-state index < -0.39 is 0 Å². The molecule has 0 N–H and O–H groups in total. The molecule has 0 unspecified atom stereocenters. The molecular formula is C16H18FN3O4. The topological polar surface area (TPSA) is 77.7 Å². The van der Waals surface area contributed by atoms with Crippen molar-refractivity contribution >= 4 is 5.91 Å². The lowest BCUT2D eigenvalue weighted by Crippen LogP contribution is -2.35. The summed E-state index contributed by atoms with van der Waals surface area (Å²) in [6.07, 6.45) is 0.484. The van der Waals surface area contributed by atoms with Crippen LogP contribution in [0.3, 0.4) is 0 Å². The van der Waals surface area contributed by atoms with Crippen LogP contribution >= 0.6 is 0 Å². The molecule has 0 aliphatic carbocycles. The highest BCUT2D eigenvalue weighted by Crippen LogP contribution is 2.32. The highest BCUT2D eigenvalue weighted by Gasteiger charge is 2.39. The Balaban J connectivity index is 1.67. The Morgan fingerprint density at radius 1 is 1.42 bits per heavy atom. The van der Waals surface area contributed by atoms with Crippen LogP contribution in [0.25, 0.3) is 0 Å². The van der Waals surface area contributed by atoms with Crippen LogP contribution in [0.1, 0.15) is 24.2 Å². The fourth-order valence-electron chi connectivity index (χ4n) is 2.69. The lowest BCUT2D eigenvalue weighted by Gasteiger charge is -2.21. The first kappa shape index (κ1) is 16.4. The molecule has 0 radical (unpaired) electrons. The number of benzene rings is 1. The van der Waals surface area contributed by atoms with E-state index in [1.54, 1.807) is 18.9 Å². The predicted molar refractivity (Wildman–Crippen MR) is 80.8 cm³/mol. The van der Waals surface area contributed by atoms with Gasteiger partial charge in [0.05, 0.1) is 6.10 Å². The van der Waals surface area contributed by atoms with Crippen LogP contribution in [0.15, 0.2) is 28.8 Å². The molecule has 7 nitrogen and oxygen atoms in total. The van der Waals surface area contributed by atoms with Gasteiger partial charge in [-0.2, -0.15) is 4.98 Å². The van der Waals surface area contributed by atoms with Crippen LogP contribution in [-0.2, 0) is 9.53 Å². The maximum absolute atomic E-state index is 12.9. The Bertz CT molecular complexity index is 704. The summed E-state index contributed by atoms with van der Waals surface area (Å²) in [5, 5.41) is 3.78. The smallest absolute Gasteiger partial charge is 0.261 e. The second-order valence-corrected chi connectivity index (χ2v) is 5.58. The van der Waals surface area contributed by atoms with Crippen molar-refractivity contribution in [2.75, 3.05) is 20.3 Å². The van der Waals surface area contributed by atoms with Crippen LogP contribution in [0.4, 0.5) is 4.39 Å². The van der Waals surface area contributed by atoms with Crippen LogP contribution < -0.4 is 4.74 Å². The number of rotatable bonds is 5. The van der Waals surface area contributed by atoms with Gasteiger partial charge < -0.3 is 18.9 Å². The van der Waals surface area contributed by atoms with E-state index in [9.17, 15) is 9.18 Å². The van der Waals surface area contributed by atoms with E-state index in [4.69, 9.17) is 14.0 Å². The molecule has 2 atom stereocenters. The van der Waals surface area contributed by atoms with Gasteiger partial charge >= 0.3 is 0 Å². The SMILES string of the molecule is CO[C@@H]1C[C@H](c2nc(C)no2)N(C(=O)COc2ccc(F)cc2)C1. The van der Waals surface area contributed by atoms with Crippen molar-refractivity contribution in [3.63, 3.8) is 0 Å². The summed E-state index contributed by atoms with van der Waals surface area (Å²) in [5.41, 5.74) is 0. The number of methoxy groups -OCH3 is 1. The van der Waals surface area contributed by atoms with Crippen LogP contribution in [0, 0.1) is 12.7 Å². The minimum absolute atomic E-state index is 0.100. The fourth-order valence-corrected chi connectivity index (χ4v) is 2.69. The first-order chi connectivity index (χ1) is 11.6. The number of aromatic nitrogens is 2. The number of ether oxygens (including phenoxy) is 2. The van der Waals surface area contributed by atoms with Crippen LogP contribution in [0.2, 0.25) is 0 Å². The minimum Gasteiger partial charge on any atom is -0.484 e. The van der Waals surface area contributed by atoms with Gasteiger partial charge in [-0.15, -0.1) is 0 Å². The normalized spacial score (nSPS) is 20.4. The molecule has 1 aliphatic rings. The molecule has 2 aromatic rings. The van der Waals surface area contributed by atoms with E-state index in [0.717, 1.165) is 0 Å². The summed E-state index contributed by atoms with van der Waals surface area (Å²) in [7, 11) is 1.60. The van der Waals surface area contributed by atoms with E-state index in [0.29, 0.717) is 30.4 Å². The largest absolute Gasteiger partial charge is 0.484 e. The van der Waals surface area contributed by atoms with Crippen LogP contribution in [-0.4, -0.2) is 47.3 Å². The minimum atomic E-state index is -0.358. The predicted octanol–water partition coefficient (Wildman–Crippen LogP) is 1.88.